The summed E-state index contributed by atoms with van der Waals surface area (Å²) < 4.78 is 7.64. The molecule has 0 bridgehead atoms. The van der Waals surface area contributed by atoms with Gasteiger partial charge in [-0.15, -0.1) is 32.9 Å². The second-order valence-corrected chi connectivity index (χ2v) is 7.97. The zero-order chi connectivity index (χ0) is 16.2. The summed E-state index contributed by atoms with van der Waals surface area (Å²) in [5.74, 6) is 1.40. The van der Waals surface area contributed by atoms with E-state index in [9.17, 15) is 0 Å². The molecule has 24 heavy (non-hydrogen) atoms. The lowest BCUT2D eigenvalue weighted by atomic mass is 10.3. The fourth-order valence-corrected chi connectivity index (χ4v) is 4.39. The molecule has 8 heteroatoms. The predicted octanol–water partition coefficient (Wildman–Crippen LogP) is 4.59. The maximum absolute atomic E-state index is 5.55. The van der Waals surface area contributed by atoms with Gasteiger partial charge in [0, 0.05) is 17.2 Å². The molecular formula is C16H14N4OS3. The molecule has 4 aromatic heterocycles. The summed E-state index contributed by atoms with van der Waals surface area (Å²) in [6, 6.07) is 8.24. The number of hydrogen-bond acceptors (Lipinski definition) is 7. The van der Waals surface area contributed by atoms with Crippen molar-refractivity contribution in [1.82, 2.24) is 19.7 Å². The fourth-order valence-electron chi connectivity index (χ4n) is 2.22. The molecular weight excluding hydrogens is 360 g/mol. The third kappa shape index (κ3) is 3.61. The van der Waals surface area contributed by atoms with Gasteiger partial charge < -0.3 is 8.98 Å². The molecule has 4 rings (SSSR count). The molecule has 0 aliphatic heterocycles. The lowest BCUT2D eigenvalue weighted by Gasteiger charge is -2.04. The summed E-state index contributed by atoms with van der Waals surface area (Å²) in [4.78, 5) is 6.95. The molecule has 0 fully saturated rings. The van der Waals surface area contributed by atoms with Gasteiger partial charge in [0.1, 0.15) is 12.6 Å². The second kappa shape index (κ2) is 7.33. The molecule has 122 valence electrons. The van der Waals surface area contributed by atoms with Gasteiger partial charge in [0.25, 0.3) is 0 Å². The lowest BCUT2D eigenvalue weighted by Crippen LogP contribution is -2.01. The number of thiophene rings is 2. The van der Waals surface area contributed by atoms with Crippen LogP contribution in [0, 0.1) is 0 Å². The van der Waals surface area contributed by atoms with Crippen molar-refractivity contribution in [3.63, 3.8) is 0 Å². The van der Waals surface area contributed by atoms with Crippen molar-refractivity contribution < 1.29 is 4.42 Å². The first kappa shape index (κ1) is 15.6. The average molecular weight is 375 g/mol. The molecule has 0 unspecified atom stereocenters. The summed E-state index contributed by atoms with van der Waals surface area (Å²) in [6.45, 7) is 0.884. The number of aryl methyl sites for hydroxylation is 2. The maximum atomic E-state index is 5.55. The standard InChI is InChI=1S/C16H14N4OS3/c1-3-13(22-7-1)5-6-20-11-17-19-16(20)24-10-12-9-21-15(18-12)14-4-2-8-23-14/h1-4,7-9,11H,5-6,10H2. The summed E-state index contributed by atoms with van der Waals surface area (Å²) >= 11 is 5.03. The molecule has 4 heterocycles. The molecule has 0 saturated carbocycles. The van der Waals surface area contributed by atoms with E-state index < -0.39 is 0 Å². The number of hydrogen-bond donors (Lipinski definition) is 0. The topological polar surface area (TPSA) is 56.7 Å². The van der Waals surface area contributed by atoms with Gasteiger partial charge in [0.15, 0.2) is 5.16 Å². The van der Waals surface area contributed by atoms with Gasteiger partial charge >= 0.3 is 0 Å². The zero-order valence-electron chi connectivity index (χ0n) is 12.7. The predicted molar refractivity (Wildman–Crippen MR) is 97.4 cm³/mol. The van der Waals surface area contributed by atoms with Crippen molar-refractivity contribution in [2.45, 2.75) is 23.9 Å². The van der Waals surface area contributed by atoms with Crippen LogP contribution in [-0.2, 0) is 18.7 Å². The number of rotatable bonds is 7. The summed E-state index contributed by atoms with van der Waals surface area (Å²) in [7, 11) is 0. The highest BCUT2D eigenvalue weighted by atomic mass is 32.2. The molecule has 0 aliphatic rings. The van der Waals surface area contributed by atoms with Crippen molar-refractivity contribution in [2.24, 2.45) is 0 Å². The van der Waals surface area contributed by atoms with E-state index in [4.69, 9.17) is 4.42 Å². The Morgan fingerprint density at radius 2 is 2.08 bits per heavy atom. The van der Waals surface area contributed by atoms with Crippen LogP contribution < -0.4 is 0 Å². The van der Waals surface area contributed by atoms with Crippen molar-refractivity contribution >= 4 is 34.4 Å². The van der Waals surface area contributed by atoms with E-state index in [1.807, 2.05) is 17.5 Å². The maximum Gasteiger partial charge on any atom is 0.236 e. The molecule has 0 amide bonds. The normalized spacial score (nSPS) is 11.2. The lowest BCUT2D eigenvalue weighted by molar-refractivity contribution is 0.575. The van der Waals surface area contributed by atoms with E-state index in [0.717, 1.165) is 28.7 Å². The van der Waals surface area contributed by atoms with E-state index in [1.54, 1.807) is 47.0 Å². The Morgan fingerprint density at radius 3 is 2.92 bits per heavy atom. The van der Waals surface area contributed by atoms with Gasteiger partial charge in [-0.1, -0.05) is 23.9 Å². The fraction of sp³-hybridized carbons (Fsp3) is 0.188. The van der Waals surface area contributed by atoms with Crippen LogP contribution in [0.3, 0.4) is 0 Å². The van der Waals surface area contributed by atoms with E-state index in [2.05, 4.69) is 37.3 Å². The first-order valence-corrected chi connectivity index (χ1v) is 10.1. The van der Waals surface area contributed by atoms with Crippen LogP contribution in [-0.4, -0.2) is 19.7 Å². The van der Waals surface area contributed by atoms with E-state index in [0.29, 0.717) is 11.6 Å². The van der Waals surface area contributed by atoms with Crippen molar-refractivity contribution in [2.75, 3.05) is 0 Å². The highest BCUT2D eigenvalue weighted by Gasteiger charge is 2.10. The molecule has 4 aromatic rings. The first-order valence-electron chi connectivity index (χ1n) is 7.40. The number of thioether (sulfide) groups is 1. The molecule has 0 spiro atoms. The zero-order valence-corrected chi connectivity index (χ0v) is 15.1. The minimum atomic E-state index is 0.680. The van der Waals surface area contributed by atoms with Crippen LogP contribution in [0.2, 0.25) is 0 Å². The quantitative estimate of drug-likeness (QED) is 0.443. The Kier molecular flexibility index (Phi) is 4.77. The van der Waals surface area contributed by atoms with Gasteiger partial charge in [0.2, 0.25) is 5.89 Å². The van der Waals surface area contributed by atoms with Crippen molar-refractivity contribution in [3.05, 3.63) is 58.2 Å². The Hall–Kier alpha value is -1.90. The summed E-state index contributed by atoms with van der Waals surface area (Å²) in [5, 5.41) is 13.3. The summed E-state index contributed by atoms with van der Waals surface area (Å²) in [6.07, 6.45) is 4.50. The molecule has 0 saturated heterocycles. The van der Waals surface area contributed by atoms with Crippen molar-refractivity contribution in [1.29, 1.82) is 0 Å². The molecule has 0 N–H and O–H groups in total. The smallest absolute Gasteiger partial charge is 0.236 e. The van der Waals surface area contributed by atoms with Crippen molar-refractivity contribution in [3.8, 4) is 10.8 Å². The molecule has 0 aromatic carbocycles. The van der Waals surface area contributed by atoms with Gasteiger partial charge in [-0.05, 0) is 29.3 Å². The average Bonchev–Trinajstić information content (AvgIpc) is 3.40. The number of oxazole rings is 1. The van der Waals surface area contributed by atoms with Gasteiger partial charge in [-0.2, -0.15) is 0 Å². The highest BCUT2D eigenvalue weighted by Crippen LogP contribution is 2.26. The first-order chi connectivity index (χ1) is 11.9. The van der Waals surface area contributed by atoms with Crippen LogP contribution in [0.25, 0.3) is 10.8 Å². The monoisotopic (exact) mass is 374 g/mol. The van der Waals surface area contributed by atoms with Crippen LogP contribution in [0.15, 0.2) is 57.2 Å². The number of aromatic nitrogens is 4. The Labute approximate surface area is 151 Å². The summed E-state index contributed by atoms with van der Waals surface area (Å²) in [5.41, 5.74) is 0.913. The highest BCUT2D eigenvalue weighted by molar-refractivity contribution is 7.98. The Balaban J connectivity index is 1.37. The van der Waals surface area contributed by atoms with E-state index in [-0.39, 0.29) is 0 Å². The molecule has 0 aliphatic carbocycles. The Morgan fingerprint density at radius 1 is 1.17 bits per heavy atom. The molecule has 0 atom stereocenters. The van der Waals surface area contributed by atoms with Gasteiger partial charge in [-0.3, -0.25) is 0 Å². The SMILES string of the molecule is c1csc(CCn2cnnc2SCc2coc(-c3cccs3)n2)c1. The van der Waals surface area contributed by atoms with Crippen LogP contribution in [0.4, 0.5) is 0 Å². The minimum Gasteiger partial charge on any atom is -0.444 e. The Bertz CT molecular complexity index is 880. The van der Waals surface area contributed by atoms with Crippen LogP contribution in [0.5, 0.6) is 0 Å². The van der Waals surface area contributed by atoms with Gasteiger partial charge in [0.05, 0.1) is 10.6 Å². The number of nitrogens with zero attached hydrogens (tertiary/aromatic N) is 4. The third-order valence-corrected chi connectivity index (χ3v) is 6.20. The molecule has 0 radical (unpaired) electrons. The minimum absolute atomic E-state index is 0.680. The van der Waals surface area contributed by atoms with Crippen LogP contribution in [0.1, 0.15) is 10.6 Å². The largest absolute Gasteiger partial charge is 0.444 e. The second-order valence-electron chi connectivity index (χ2n) is 5.05. The molecule has 5 nitrogen and oxygen atoms in total. The van der Waals surface area contributed by atoms with Gasteiger partial charge in [-0.25, -0.2) is 4.98 Å². The third-order valence-electron chi connectivity index (χ3n) is 3.39. The van der Waals surface area contributed by atoms with E-state index >= 15 is 0 Å². The van der Waals surface area contributed by atoms with Crippen LogP contribution >= 0.6 is 34.4 Å². The van der Waals surface area contributed by atoms with E-state index in [1.165, 1.54) is 4.88 Å².